The van der Waals surface area contributed by atoms with E-state index in [-0.39, 0.29) is 13.1 Å². The zero-order chi connectivity index (χ0) is 17.6. The molecule has 0 bridgehead atoms. The van der Waals surface area contributed by atoms with Crippen LogP contribution in [0.1, 0.15) is 21.4 Å². The molecule has 1 aliphatic rings. The summed E-state index contributed by atoms with van der Waals surface area (Å²) in [4.78, 5) is 8.82. The maximum Gasteiger partial charge on any atom is 0.327 e. The maximum atomic E-state index is 13.2. The zero-order valence-electron chi connectivity index (χ0n) is 13.7. The Labute approximate surface area is 154 Å². The van der Waals surface area contributed by atoms with E-state index in [0.717, 1.165) is 21.4 Å². The molecule has 6 nitrogen and oxygen atoms in total. The molecule has 0 N–H and O–H groups in total. The van der Waals surface area contributed by atoms with Gasteiger partial charge in [0, 0.05) is 10.8 Å². The number of nitrogens with zero attached hydrogens (tertiary/aromatic N) is 4. The molecule has 25 heavy (non-hydrogen) atoms. The minimum atomic E-state index is -3.67. The van der Waals surface area contributed by atoms with Crippen LogP contribution in [0.5, 0.6) is 0 Å². The highest BCUT2D eigenvalue weighted by Crippen LogP contribution is 2.42. The highest BCUT2D eigenvalue weighted by Gasteiger charge is 2.40. The van der Waals surface area contributed by atoms with Gasteiger partial charge in [-0.3, -0.25) is 0 Å². The Bertz CT molecular complexity index is 950. The molecule has 0 fully saturated rings. The molecule has 0 atom stereocenters. The van der Waals surface area contributed by atoms with Gasteiger partial charge in [-0.2, -0.15) is 8.42 Å². The second-order valence-corrected chi connectivity index (χ2v) is 9.63. The Morgan fingerprint density at radius 3 is 1.68 bits per heavy atom. The molecule has 3 aromatic rings. The van der Waals surface area contributed by atoms with Crippen molar-refractivity contribution in [2.24, 2.45) is 0 Å². The summed E-state index contributed by atoms with van der Waals surface area (Å²) >= 11 is 3.04. The maximum absolute atomic E-state index is 13.2. The molecule has 0 amide bonds. The van der Waals surface area contributed by atoms with Crippen molar-refractivity contribution < 1.29 is 8.42 Å². The van der Waals surface area contributed by atoms with Crippen molar-refractivity contribution in [1.29, 1.82) is 0 Å². The minimum Gasteiger partial charge on any atom is -0.245 e. The van der Waals surface area contributed by atoms with Crippen molar-refractivity contribution >= 4 is 44.3 Å². The summed E-state index contributed by atoms with van der Waals surface area (Å²) in [5.41, 5.74) is 2.87. The van der Waals surface area contributed by atoms with E-state index in [0.29, 0.717) is 11.4 Å². The van der Waals surface area contributed by atoms with Crippen molar-refractivity contribution in [2.75, 3.05) is 8.61 Å². The number of fused-ring (bicyclic) bond motifs is 1. The second kappa shape index (κ2) is 6.08. The number of para-hydroxylation sites is 2. The fourth-order valence-electron chi connectivity index (χ4n) is 2.84. The molecule has 1 aliphatic heterocycles. The number of thiazole rings is 2. The average Bonchev–Trinajstić information content (AvgIpc) is 3.22. The zero-order valence-corrected chi connectivity index (χ0v) is 16.2. The van der Waals surface area contributed by atoms with Gasteiger partial charge in [0.2, 0.25) is 0 Å². The Hall–Kier alpha value is -1.97. The molecule has 0 saturated carbocycles. The van der Waals surface area contributed by atoms with Gasteiger partial charge in [0.05, 0.1) is 45.9 Å². The lowest BCUT2D eigenvalue weighted by atomic mass is 10.2. The fourth-order valence-corrected chi connectivity index (χ4v) is 5.69. The molecule has 0 spiro atoms. The predicted octanol–water partition coefficient (Wildman–Crippen LogP) is 3.49. The molecule has 0 radical (unpaired) electrons. The normalized spacial score (nSPS) is 15.6. The van der Waals surface area contributed by atoms with Crippen molar-refractivity contribution in [3.63, 3.8) is 0 Å². The third kappa shape index (κ3) is 2.92. The summed E-state index contributed by atoms with van der Waals surface area (Å²) in [6.45, 7) is 4.29. The third-order valence-electron chi connectivity index (χ3n) is 3.92. The first-order valence-electron chi connectivity index (χ1n) is 7.66. The molecule has 0 unspecified atom stereocenters. The van der Waals surface area contributed by atoms with Gasteiger partial charge in [-0.15, -0.1) is 22.7 Å². The van der Waals surface area contributed by atoms with Gasteiger partial charge in [0.25, 0.3) is 0 Å². The second-order valence-electron chi connectivity index (χ2n) is 5.73. The fraction of sp³-hybridized carbons (Fsp3) is 0.250. The van der Waals surface area contributed by atoms with E-state index in [4.69, 9.17) is 0 Å². The first kappa shape index (κ1) is 16.5. The van der Waals surface area contributed by atoms with E-state index in [1.807, 2.05) is 48.9 Å². The Morgan fingerprint density at radius 2 is 1.32 bits per heavy atom. The van der Waals surface area contributed by atoms with Gasteiger partial charge in [-0.1, -0.05) is 12.1 Å². The van der Waals surface area contributed by atoms with E-state index >= 15 is 0 Å². The lowest BCUT2D eigenvalue weighted by Gasteiger charge is -2.20. The number of aromatic nitrogens is 2. The van der Waals surface area contributed by atoms with Gasteiger partial charge in [-0.05, 0) is 26.0 Å². The molecule has 1 aromatic carbocycles. The monoisotopic (exact) mass is 392 g/mol. The Kier molecular flexibility index (Phi) is 4.01. The van der Waals surface area contributed by atoms with Gasteiger partial charge in [0.15, 0.2) is 0 Å². The van der Waals surface area contributed by atoms with E-state index in [1.54, 1.807) is 0 Å². The highest BCUT2D eigenvalue weighted by molar-refractivity contribution is 7.94. The molecular formula is C16H16N4O2S3. The molecule has 0 aliphatic carbocycles. The molecular weight excluding hydrogens is 376 g/mol. The topological polar surface area (TPSA) is 66.4 Å². The molecule has 3 heterocycles. The van der Waals surface area contributed by atoms with E-state index in [9.17, 15) is 8.42 Å². The van der Waals surface area contributed by atoms with Gasteiger partial charge in [0.1, 0.15) is 0 Å². The van der Waals surface area contributed by atoms with Crippen molar-refractivity contribution in [1.82, 2.24) is 9.97 Å². The largest absolute Gasteiger partial charge is 0.327 e. The lowest BCUT2D eigenvalue weighted by molar-refractivity contribution is 0.587. The summed E-state index contributed by atoms with van der Waals surface area (Å²) in [7, 11) is -3.67. The standard InChI is InChI=1S/C16H16N4O2S3/c1-11-17-13(9-23-11)7-19-15-5-3-4-6-16(15)20(25(19,21)22)8-14-10-24-12(2)18-14/h3-6,9-10H,7-8H2,1-2H3. The lowest BCUT2D eigenvalue weighted by Crippen LogP contribution is -2.37. The summed E-state index contributed by atoms with van der Waals surface area (Å²) < 4.78 is 29.2. The van der Waals surface area contributed by atoms with E-state index < -0.39 is 10.2 Å². The van der Waals surface area contributed by atoms with Crippen LogP contribution in [0.2, 0.25) is 0 Å². The van der Waals surface area contributed by atoms with Crippen molar-refractivity contribution in [3.8, 4) is 0 Å². The van der Waals surface area contributed by atoms with Crippen LogP contribution in [0.3, 0.4) is 0 Å². The minimum absolute atomic E-state index is 0.232. The number of aryl methyl sites for hydroxylation is 2. The summed E-state index contributed by atoms with van der Waals surface area (Å²) in [5, 5.41) is 5.66. The first-order chi connectivity index (χ1) is 11.9. The first-order valence-corrected chi connectivity index (χ1v) is 10.8. The van der Waals surface area contributed by atoms with Gasteiger partial charge < -0.3 is 0 Å². The quantitative estimate of drug-likeness (QED) is 0.682. The third-order valence-corrected chi connectivity index (χ3v) is 7.33. The Balaban J connectivity index is 1.73. The summed E-state index contributed by atoms with van der Waals surface area (Å²) in [6.07, 6.45) is 0. The average molecular weight is 393 g/mol. The van der Waals surface area contributed by atoms with Crippen LogP contribution in [-0.4, -0.2) is 18.4 Å². The highest BCUT2D eigenvalue weighted by atomic mass is 32.2. The van der Waals surface area contributed by atoms with Crippen LogP contribution in [0.4, 0.5) is 11.4 Å². The molecule has 130 valence electrons. The van der Waals surface area contributed by atoms with E-state index in [1.165, 1.54) is 31.3 Å². The number of hydrogen-bond donors (Lipinski definition) is 0. The predicted molar refractivity (Wildman–Crippen MR) is 101 cm³/mol. The van der Waals surface area contributed by atoms with Crippen LogP contribution in [-0.2, 0) is 23.3 Å². The van der Waals surface area contributed by atoms with Crippen LogP contribution >= 0.6 is 22.7 Å². The SMILES string of the molecule is Cc1nc(CN2c3ccccc3N(Cc3csc(C)n3)S2(=O)=O)cs1. The van der Waals surface area contributed by atoms with Crippen molar-refractivity contribution in [2.45, 2.75) is 26.9 Å². The molecule has 0 saturated heterocycles. The molecule has 9 heteroatoms. The van der Waals surface area contributed by atoms with Crippen LogP contribution in [0.25, 0.3) is 0 Å². The van der Waals surface area contributed by atoms with Gasteiger partial charge >= 0.3 is 10.2 Å². The van der Waals surface area contributed by atoms with Crippen molar-refractivity contribution in [3.05, 3.63) is 56.4 Å². The molecule has 2 aromatic heterocycles. The number of rotatable bonds is 4. The Morgan fingerprint density at radius 1 is 0.880 bits per heavy atom. The van der Waals surface area contributed by atoms with Crippen LogP contribution < -0.4 is 8.61 Å². The van der Waals surface area contributed by atoms with E-state index in [2.05, 4.69) is 9.97 Å². The van der Waals surface area contributed by atoms with Crippen LogP contribution in [0, 0.1) is 13.8 Å². The summed E-state index contributed by atoms with van der Waals surface area (Å²) in [5.74, 6) is 0. The smallest absolute Gasteiger partial charge is 0.245 e. The molecule has 4 rings (SSSR count). The number of benzene rings is 1. The summed E-state index contributed by atoms with van der Waals surface area (Å²) in [6, 6.07) is 7.37. The van der Waals surface area contributed by atoms with Gasteiger partial charge in [-0.25, -0.2) is 18.6 Å². The number of anilines is 2. The number of hydrogen-bond acceptors (Lipinski definition) is 6. The van der Waals surface area contributed by atoms with Crippen LogP contribution in [0.15, 0.2) is 35.0 Å².